The van der Waals surface area contributed by atoms with E-state index in [9.17, 15) is 54.3 Å². The molecule has 5 fully saturated rings. The van der Waals surface area contributed by atoms with Crippen molar-refractivity contribution in [3.05, 3.63) is 23.8 Å². The van der Waals surface area contributed by atoms with E-state index in [1.165, 1.54) is 27.7 Å². The maximum Gasteiger partial charge on any atom is 0.316 e. The molecule has 3 saturated carbocycles. The minimum atomic E-state index is -1.87. The van der Waals surface area contributed by atoms with Crippen LogP contribution in [-0.2, 0) is 52.5 Å². The number of ketones is 3. The molecule has 18 heteroatoms. The van der Waals surface area contributed by atoms with E-state index in [1.54, 1.807) is 47.1 Å². The van der Waals surface area contributed by atoms with Crippen LogP contribution in [-0.4, -0.2) is 177 Å². The van der Waals surface area contributed by atoms with Gasteiger partial charge in [0.25, 0.3) is 0 Å². The number of carbonyl (C=O) groups excluding carboxylic acids is 6. The highest BCUT2D eigenvalue weighted by molar-refractivity contribution is 6.01. The van der Waals surface area contributed by atoms with Crippen molar-refractivity contribution < 1.29 is 78.0 Å². The van der Waals surface area contributed by atoms with Crippen LogP contribution in [0.1, 0.15) is 133 Å². The molecule has 18 nitrogen and oxygen atoms in total. The largest absolute Gasteiger partial charge is 0.459 e. The smallest absolute Gasteiger partial charge is 0.316 e. The standard InChI is InChI=1S/C55H86N2O16/c1-14-41-54(10,67)47(64)33(6)57(13)27-29(2)25-53(9,66)48(31(4)45(63)32(5)49(65)71-41)73-50-46(38(56(11)12)23-30(3)70-50)72-43(62)18-17-42(61)69-28-40(60)55(68)22-20-37-36-16-15-34-24-35(58)19-21-51(34,7)44(36)39(59)26-52(37,55)8/h19,21,24,29-33,36-39,41,44,46-48,50,59,64,66-68H,14-18,20,22-23,25-28H2,1-13H3/t29-,30-,31+,32-,33-,36+,37?,38?,39+,41-,44?,46-,47-,48-,50+,51+,52+,53-,54-,55+/m1/s1. The van der Waals surface area contributed by atoms with E-state index in [0.29, 0.717) is 32.2 Å². The first-order chi connectivity index (χ1) is 33.8. The van der Waals surface area contributed by atoms with E-state index < -0.39 is 143 Å². The molecule has 6 aliphatic rings. The molecular weight excluding hydrogens is 945 g/mol. The topological polar surface area (TPSA) is 256 Å². The van der Waals surface area contributed by atoms with Gasteiger partial charge in [0.15, 0.2) is 30.6 Å². The van der Waals surface area contributed by atoms with Crippen LogP contribution in [0.2, 0.25) is 0 Å². The van der Waals surface area contributed by atoms with Crippen molar-refractivity contribution in [3.8, 4) is 0 Å². The van der Waals surface area contributed by atoms with Crippen molar-refractivity contribution in [1.82, 2.24) is 9.80 Å². The fourth-order valence-corrected chi connectivity index (χ4v) is 14.2. The number of nitrogens with zero attached hydrogens (tertiary/aromatic N) is 2. The second-order valence-corrected chi connectivity index (χ2v) is 24.1. The van der Waals surface area contributed by atoms with Gasteiger partial charge in [-0.2, -0.15) is 0 Å². The molecule has 2 heterocycles. The van der Waals surface area contributed by atoms with E-state index in [1.807, 2.05) is 36.6 Å². The molecule has 0 aromatic rings. The van der Waals surface area contributed by atoms with Gasteiger partial charge in [-0.25, -0.2) is 0 Å². The molecule has 4 aliphatic carbocycles. The summed E-state index contributed by atoms with van der Waals surface area (Å²) < 4.78 is 30.2. The number of cyclic esters (lactones) is 1. The number of fused-ring (bicyclic) bond motifs is 5. The fourth-order valence-electron chi connectivity index (χ4n) is 14.2. The summed E-state index contributed by atoms with van der Waals surface area (Å²) in [5.41, 5.74) is -6.03. The first-order valence-corrected chi connectivity index (χ1v) is 26.6. The monoisotopic (exact) mass is 1030 g/mol. The Morgan fingerprint density at radius 3 is 2.23 bits per heavy atom. The molecule has 0 radical (unpaired) electrons. The highest BCUT2D eigenvalue weighted by Crippen LogP contribution is 2.67. The normalized spacial score (nSPS) is 44.9. The summed E-state index contributed by atoms with van der Waals surface area (Å²) in [6.07, 6.45) is -0.624. The van der Waals surface area contributed by atoms with Crippen molar-refractivity contribution in [2.24, 2.45) is 46.3 Å². The van der Waals surface area contributed by atoms with Crippen LogP contribution in [0.4, 0.5) is 0 Å². The summed E-state index contributed by atoms with van der Waals surface area (Å²) in [4.78, 5) is 84.9. The van der Waals surface area contributed by atoms with Crippen molar-refractivity contribution in [1.29, 1.82) is 0 Å². The number of carbonyl (C=O) groups is 6. The average molecular weight is 1030 g/mol. The van der Waals surface area contributed by atoms with Crippen LogP contribution in [0.3, 0.4) is 0 Å². The zero-order valence-electron chi connectivity index (χ0n) is 45.5. The Morgan fingerprint density at radius 1 is 0.932 bits per heavy atom. The summed E-state index contributed by atoms with van der Waals surface area (Å²) in [5, 5.41) is 59.3. The molecule has 0 aromatic carbocycles. The number of ether oxygens (including phenoxy) is 5. The van der Waals surface area contributed by atoms with Gasteiger partial charge in [-0.15, -0.1) is 0 Å². The first-order valence-electron chi connectivity index (χ1n) is 26.6. The van der Waals surface area contributed by atoms with Crippen molar-refractivity contribution in [3.63, 3.8) is 0 Å². The molecule has 412 valence electrons. The molecule has 0 bridgehead atoms. The number of aliphatic hydroxyl groups excluding tert-OH is 2. The lowest BCUT2D eigenvalue weighted by Gasteiger charge is -2.59. The zero-order valence-corrected chi connectivity index (χ0v) is 45.5. The number of allylic oxidation sites excluding steroid dienone is 4. The number of hydrogen-bond acceptors (Lipinski definition) is 18. The van der Waals surface area contributed by atoms with Gasteiger partial charge in [0.05, 0.1) is 42.8 Å². The summed E-state index contributed by atoms with van der Waals surface area (Å²) in [7, 11) is 5.35. The van der Waals surface area contributed by atoms with Gasteiger partial charge in [-0.05, 0) is 137 Å². The van der Waals surface area contributed by atoms with Gasteiger partial charge >= 0.3 is 17.9 Å². The summed E-state index contributed by atoms with van der Waals surface area (Å²) in [6, 6.07) is -1.12. The van der Waals surface area contributed by atoms with Gasteiger partial charge in [0, 0.05) is 35.3 Å². The minimum Gasteiger partial charge on any atom is -0.459 e. The number of likely N-dealkylation sites (N-methyl/N-ethyl adjacent to an activating group) is 2. The maximum atomic E-state index is 14.3. The predicted octanol–water partition coefficient (Wildman–Crippen LogP) is 3.64. The number of rotatable bonds is 11. The lowest BCUT2D eigenvalue weighted by Crippen LogP contribution is -2.61. The Labute approximate surface area is 431 Å². The highest BCUT2D eigenvalue weighted by Gasteiger charge is 2.68. The van der Waals surface area contributed by atoms with Crippen LogP contribution < -0.4 is 0 Å². The second kappa shape index (κ2) is 22.3. The minimum absolute atomic E-state index is 0.0116. The molecule has 5 N–H and O–H groups in total. The SMILES string of the molecule is CC[C@H]1OC(=O)[C@H](C)C(=O)[C@H](C)[C@@H](O[C@@H]2O[C@H](C)CC(N(C)C)[C@H]2OC(=O)CCC(=O)OCC(=O)[C@@]2(O)CCC3[C@@H]4CCC5=CC(=O)C=C[C@]5(C)C4[C@@H](O)C[C@@]32C)[C@](C)(O)C[C@@H](C)CN(C)[C@H](C)[C@@H](O)[C@]1(C)O. The Balaban J connectivity index is 1.14. The molecule has 2 saturated heterocycles. The van der Waals surface area contributed by atoms with E-state index in [2.05, 4.69) is 6.92 Å². The Kier molecular flexibility index (Phi) is 17.9. The molecule has 73 heavy (non-hydrogen) atoms. The zero-order chi connectivity index (χ0) is 54.5. The maximum absolute atomic E-state index is 14.3. The highest BCUT2D eigenvalue weighted by atomic mass is 16.7. The summed E-state index contributed by atoms with van der Waals surface area (Å²) in [6.45, 7) is 16.5. The van der Waals surface area contributed by atoms with Gasteiger partial charge in [0.2, 0.25) is 5.78 Å². The molecule has 0 aromatic heterocycles. The third-order valence-corrected chi connectivity index (χ3v) is 18.5. The predicted molar refractivity (Wildman–Crippen MR) is 266 cm³/mol. The molecule has 6 rings (SSSR count). The number of aliphatic hydroxyl groups is 5. The van der Waals surface area contributed by atoms with Crippen LogP contribution in [0.5, 0.6) is 0 Å². The average Bonchev–Trinajstić information content (AvgIpc) is 3.59. The Morgan fingerprint density at radius 2 is 1.59 bits per heavy atom. The van der Waals surface area contributed by atoms with Gasteiger partial charge in [-0.3, -0.25) is 28.8 Å². The Bertz CT molecular complexity index is 2140. The second-order valence-electron chi connectivity index (χ2n) is 24.1. The number of hydrogen-bond donors (Lipinski definition) is 5. The fraction of sp³-hybridized carbons (Fsp3) is 0.818. The molecule has 20 atom stereocenters. The van der Waals surface area contributed by atoms with E-state index in [-0.39, 0.29) is 55.1 Å². The van der Waals surface area contributed by atoms with Gasteiger partial charge < -0.3 is 59.0 Å². The van der Waals surface area contributed by atoms with E-state index >= 15 is 0 Å². The lowest BCUT2D eigenvalue weighted by molar-refractivity contribution is -0.296. The molecule has 2 aliphatic heterocycles. The quantitative estimate of drug-likeness (QED) is 0.112. The van der Waals surface area contributed by atoms with Crippen LogP contribution in [0, 0.1) is 46.3 Å². The van der Waals surface area contributed by atoms with Crippen molar-refractivity contribution in [2.45, 2.75) is 205 Å². The van der Waals surface area contributed by atoms with E-state index in [0.717, 1.165) is 5.57 Å². The van der Waals surface area contributed by atoms with Crippen molar-refractivity contribution >= 4 is 35.3 Å². The number of Topliss-reactive ketones (excluding diaryl/α,β-unsaturated/α-hetero) is 2. The molecule has 3 unspecified atom stereocenters. The third kappa shape index (κ3) is 11.5. The van der Waals surface area contributed by atoms with Gasteiger partial charge in [0.1, 0.15) is 29.3 Å². The number of esters is 3. The summed E-state index contributed by atoms with van der Waals surface area (Å²) in [5.74, 6) is -7.10. The molecule has 0 amide bonds. The van der Waals surface area contributed by atoms with Crippen LogP contribution >= 0.6 is 0 Å². The third-order valence-electron chi connectivity index (χ3n) is 18.5. The molecular formula is C55H86N2O16. The first kappa shape index (κ1) is 58.8. The molecule has 0 spiro atoms. The van der Waals surface area contributed by atoms with E-state index in [4.69, 9.17) is 23.7 Å². The van der Waals surface area contributed by atoms with Crippen LogP contribution in [0.15, 0.2) is 23.8 Å². The summed E-state index contributed by atoms with van der Waals surface area (Å²) >= 11 is 0. The lowest BCUT2D eigenvalue weighted by atomic mass is 9.46. The Hall–Kier alpha value is -3.46. The van der Waals surface area contributed by atoms with Crippen molar-refractivity contribution in [2.75, 3.05) is 34.3 Å². The van der Waals surface area contributed by atoms with Gasteiger partial charge in [-0.1, -0.05) is 46.3 Å². The van der Waals surface area contributed by atoms with Crippen LogP contribution in [0.25, 0.3) is 0 Å².